The Morgan fingerprint density at radius 2 is 1.52 bits per heavy atom. The average Bonchev–Trinajstić information content (AvgIpc) is 2.77. The van der Waals surface area contributed by atoms with E-state index in [1.165, 1.54) is 24.3 Å². The molecule has 0 heterocycles. The molecule has 1 N–H and O–H groups in total. The van der Waals surface area contributed by atoms with Gasteiger partial charge in [-0.05, 0) is 60.9 Å². The van der Waals surface area contributed by atoms with E-state index in [-0.39, 0.29) is 17.3 Å². The van der Waals surface area contributed by atoms with Crippen molar-refractivity contribution in [3.63, 3.8) is 0 Å². The van der Waals surface area contributed by atoms with E-state index in [1.807, 2.05) is 24.3 Å². The number of hydrogen-bond acceptors (Lipinski definition) is 3. The van der Waals surface area contributed by atoms with Crippen molar-refractivity contribution in [2.45, 2.75) is 17.7 Å². The zero-order chi connectivity index (χ0) is 22.3. The van der Waals surface area contributed by atoms with Gasteiger partial charge in [0, 0.05) is 16.6 Å². The van der Waals surface area contributed by atoms with Crippen LogP contribution in [0.5, 0.6) is 0 Å². The number of carbonyl (C=O) groups is 1. The van der Waals surface area contributed by atoms with Crippen LogP contribution in [0.4, 0.5) is 5.69 Å². The molecule has 8 heteroatoms. The molecule has 0 fully saturated rings. The zero-order valence-electron chi connectivity index (χ0n) is 16.7. The second kappa shape index (κ2) is 10.7. The Morgan fingerprint density at radius 3 is 2.19 bits per heavy atom. The molecule has 0 saturated heterocycles. The fraction of sp³-hybridized carbons (Fsp3) is 0.174. The van der Waals surface area contributed by atoms with Crippen molar-refractivity contribution in [3.8, 4) is 0 Å². The second-order valence-electron chi connectivity index (χ2n) is 6.85. The maximum absolute atomic E-state index is 13.2. The number of nitrogens with zero attached hydrogens (tertiary/aromatic N) is 1. The molecule has 5 nitrogen and oxygen atoms in total. The molecule has 0 spiro atoms. The van der Waals surface area contributed by atoms with Crippen molar-refractivity contribution in [1.82, 2.24) is 5.32 Å². The Balaban J connectivity index is 1.68. The maximum Gasteiger partial charge on any atom is 0.264 e. The highest BCUT2D eigenvalue weighted by molar-refractivity contribution is 7.92. The fourth-order valence-corrected chi connectivity index (χ4v) is 4.81. The first-order valence-corrected chi connectivity index (χ1v) is 11.9. The summed E-state index contributed by atoms with van der Waals surface area (Å²) in [5, 5.41) is 3.92. The molecular formula is C23H22Cl2N2O3S. The number of anilines is 1. The number of benzene rings is 3. The van der Waals surface area contributed by atoms with E-state index in [0.29, 0.717) is 35.1 Å². The van der Waals surface area contributed by atoms with Crippen LogP contribution in [-0.4, -0.2) is 27.4 Å². The van der Waals surface area contributed by atoms with Crippen LogP contribution < -0.4 is 9.62 Å². The van der Waals surface area contributed by atoms with Gasteiger partial charge in [0.15, 0.2) is 0 Å². The minimum atomic E-state index is -3.95. The number of hydrogen-bond donors (Lipinski definition) is 1. The van der Waals surface area contributed by atoms with Crippen LogP contribution in [0.25, 0.3) is 0 Å². The molecule has 1 amide bonds. The molecule has 0 aliphatic heterocycles. The van der Waals surface area contributed by atoms with Crippen LogP contribution >= 0.6 is 23.2 Å². The SMILES string of the molecule is O=C(CN(c1ccccc1)S(=O)(=O)c1ccc(Cl)cc1)NCCCc1ccccc1Cl. The van der Waals surface area contributed by atoms with Gasteiger partial charge in [0.05, 0.1) is 10.6 Å². The summed E-state index contributed by atoms with van der Waals surface area (Å²) in [6, 6.07) is 22.0. The number of halogens is 2. The van der Waals surface area contributed by atoms with Crippen LogP contribution in [-0.2, 0) is 21.2 Å². The Kier molecular flexibility index (Phi) is 7.96. The number of amides is 1. The molecular weight excluding hydrogens is 455 g/mol. The van der Waals surface area contributed by atoms with Gasteiger partial charge in [-0.15, -0.1) is 0 Å². The lowest BCUT2D eigenvalue weighted by Gasteiger charge is -2.24. The minimum Gasteiger partial charge on any atom is -0.355 e. The normalized spacial score (nSPS) is 11.2. The molecule has 0 aliphatic carbocycles. The summed E-state index contributed by atoms with van der Waals surface area (Å²) in [5.74, 6) is -0.388. The zero-order valence-corrected chi connectivity index (χ0v) is 19.0. The summed E-state index contributed by atoms with van der Waals surface area (Å²) in [6.07, 6.45) is 1.40. The van der Waals surface area contributed by atoms with E-state index >= 15 is 0 Å². The first kappa shape index (κ1) is 23.1. The van der Waals surface area contributed by atoms with Crippen molar-refractivity contribution in [2.24, 2.45) is 0 Å². The Bertz CT molecular complexity index is 1120. The molecule has 0 aliphatic rings. The monoisotopic (exact) mass is 476 g/mol. The first-order valence-electron chi connectivity index (χ1n) is 9.71. The van der Waals surface area contributed by atoms with Crippen LogP contribution in [0.2, 0.25) is 10.0 Å². The van der Waals surface area contributed by atoms with Crippen molar-refractivity contribution >= 4 is 44.8 Å². The second-order valence-corrected chi connectivity index (χ2v) is 9.55. The number of para-hydroxylation sites is 1. The topological polar surface area (TPSA) is 66.5 Å². The number of nitrogens with one attached hydrogen (secondary N) is 1. The maximum atomic E-state index is 13.2. The van der Waals surface area contributed by atoms with Gasteiger partial charge in [-0.1, -0.05) is 59.6 Å². The summed E-state index contributed by atoms with van der Waals surface area (Å²) in [6.45, 7) is 0.0781. The van der Waals surface area contributed by atoms with Gasteiger partial charge in [0.2, 0.25) is 5.91 Å². The summed E-state index contributed by atoms with van der Waals surface area (Å²) in [4.78, 5) is 12.6. The van der Waals surface area contributed by atoms with Gasteiger partial charge >= 0.3 is 0 Å². The lowest BCUT2D eigenvalue weighted by atomic mass is 10.1. The number of aryl methyl sites for hydroxylation is 1. The quantitative estimate of drug-likeness (QED) is 0.444. The molecule has 0 saturated carbocycles. The number of sulfonamides is 1. The highest BCUT2D eigenvalue weighted by Crippen LogP contribution is 2.24. The third kappa shape index (κ3) is 6.23. The first-order chi connectivity index (χ1) is 14.9. The third-order valence-corrected chi connectivity index (χ3v) is 7.04. The lowest BCUT2D eigenvalue weighted by Crippen LogP contribution is -2.41. The van der Waals surface area contributed by atoms with Gasteiger partial charge in [0.25, 0.3) is 10.0 Å². The summed E-state index contributed by atoms with van der Waals surface area (Å²) >= 11 is 12.0. The lowest BCUT2D eigenvalue weighted by molar-refractivity contribution is -0.119. The Hall–Kier alpha value is -2.54. The van der Waals surface area contributed by atoms with Crippen LogP contribution in [0, 0.1) is 0 Å². The smallest absolute Gasteiger partial charge is 0.264 e. The van der Waals surface area contributed by atoms with Gasteiger partial charge < -0.3 is 5.32 Å². The van der Waals surface area contributed by atoms with E-state index < -0.39 is 10.0 Å². The van der Waals surface area contributed by atoms with Crippen molar-refractivity contribution in [3.05, 3.63) is 94.5 Å². The molecule has 0 aromatic heterocycles. The van der Waals surface area contributed by atoms with Crippen LogP contribution in [0.15, 0.2) is 83.8 Å². The Morgan fingerprint density at radius 1 is 0.871 bits per heavy atom. The van der Waals surface area contributed by atoms with E-state index in [2.05, 4.69) is 5.32 Å². The molecule has 31 heavy (non-hydrogen) atoms. The summed E-state index contributed by atoms with van der Waals surface area (Å²) in [7, 11) is -3.95. The standard InChI is InChI=1S/C23H22Cl2N2O3S/c24-19-12-14-21(15-13-19)31(29,30)27(20-9-2-1-3-10-20)17-23(28)26-16-6-8-18-7-4-5-11-22(18)25/h1-5,7,9-15H,6,8,16-17H2,(H,26,28). The fourth-order valence-electron chi connectivity index (χ4n) is 3.04. The highest BCUT2D eigenvalue weighted by Gasteiger charge is 2.27. The average molecular weight is 477 g/mol. The van der Waals surface area contributed by atoms with E-state index in [0.717, 1.165) is 9.87 Å². The van der Waals surface area contributed by atoms with Gasteiger partial charge in [-0.3, -0.25) is 9.10 Å². The molecule has 0 atom stereocenters. The van der Waals surface area contributed by atoms with Gasteiger partial charge in [0.1, 0.15) is 6.54 Å². The van der Waals surface area contributed by atoms with Crippen LogP contribution in [0.3, 0.4) is 0 Å². The predicted molar refractivity (Wildman–Crippen MR) is 125 cm³/mol. The highest BCUT2D eigenvalue weighted by atomic mass is 35.5. The molecule has 3 aromatic carbocycles. The van der Waals surface area contributed by atoms with E-state index in [9.17, 15) is 13.2 Å². The Labute approximate surface area is 192 Å². The number of rotatable bonds is 9. The van der Waals surface area contributed by atoms with Crippen LogP contribution in [0.1, 0.15) is 12.0 Å². The molecule has 0 bridgehead atoms. The largest absolute Gasteiger partial charge is 0.355 e. The van der Waals surface area contributed by atoms with Crippen molar-refractivity contribution < 1.29 is 13.2 Å². The molecule has 3 rings (SSSR count). The van der Waals surface area contributed by atoms with Gasteiger partial charge in [-0.25, -0.2) is 8.42 Å². The number of carbonyl (C=O) groups excluding carboxylic acids is 1. The molecule has 0 radical (unpaired) electrons. The molecule has 162 valence electrons. The van der Waals surface area contributed by atoms with E-state index in [1.54, 1.807) is 30.3 Å². The third-order valence-electron chi connectivity index (χ3n) is 4.64. The minimum absolute atomic E-state index is 0.0623. The summed E-state index contributed by atoms with van der Waals surface area (Å²) < 4.78 is 27.5. The molecule has 0 unspecified atom stereocenters. The molecule has 3 aromatic rings. The van der Waals surface area contributed by atoms with Gasteiger partial charge in [-0.2, -0.15) is 0 Å². The summed E-state index contributed by atoms with van der Waals surface area (Å²) in [5.41, 5.74) is 1.42. The van der Waals surface area contributed by atoms with Crippen molar-refractivity contribution in [1.29, 1.82) is 0 Å². The van der Waals surface area contributed by atoms with E-state index in [4.69, 9.17) is 23.2 Å². The predicted octanol–water partition coefficient (Wildman–Crippen LogP) is 4.94. The van der Waals surface area contributed by atoms with Crippen molar-refractivity contribution in [2.75, 3.05) is 17.4 Å².